The number of carboxylic acid groups (broad SMARTS) is 1. The van der Waals surface area contributed by atoms with E-state index in [-0.39, 0.29) is 12.1 Å². The Labute approximate surface area is 183 Å². The standard InChI is InChI=1S/C23H20ClFN2O4/c1-13-7-8-14(11-17(13)25)22-20(31-2)10-9-18(26-22)23(30)27-19(12-21(28)29)15-5-3-4-6-16(15)24/h3-11,19H,12H2,1-2H3,(H,27,30)(H,28,29). The van der Waals surface area contributed by atoms with Crippen molar-refractivity contribution in [3.63, 3.8) is 0 Å². The number of hydrogen-bond donors (Lipinski definition) is 2. The minimum atomic E-state index is -1.09. The number of carboxylic acids is 1. The summed E-state index contributed by atoms with van der Waals surface area (Å²) in [6.07, 6.45) is -0.359. The van der Waals surface area contributed by atoms with E-state index >= 15 is 0 Å². The average Bonchev–Trinajstić information content (AvgIpc) is 2.74. The third-order valence-corrected chi connectivity index (χ3v) is 5.06. The van der Waals surface area contributed by atoms with Gasteiger partial charge in [0.1, 0.15) is 23.0 Å². The SMILES string of the molecule is COc1ccc(C(=O)NC(CC(=O)O)c2ccccc2Cl)nc1-c1ccc(C)c(F)c1. The van der Waals surface area contributed by atoms with Crippen LogP contribution in [0.5, 0.6) is 5.75 Å². The van der Waals surface area contributed by atoms with Gasteiger partial charge in [0.15, 0.2) is 0 Å². The van der Waals surface area contributed by atoms with E-state index in [1.807, 2.05) is 0 Å². The molecule has 160 valence electrons. The van der Waals surface area contributed by atoms with Gasteiger partial charge in [-0.15, -0.1) is 0 Å². The fraction of sp³-hybridized carbons (Fsp3) is 0.174. The molecule has 1 atom stereocenters. The molecule has 3 rings (SSSR count). The number of carbonyl (C=O) groups excluding carboxylic acids is 1. The molecule has 0 saturated heterocycles. The van der Waals surface area contributed by atoms with Gasteiger partial charge in [-0.25, -0.2) is 9.37 Å². The second-order valence-corrected chi connectivity index (χ2v) is 7.26. The number of nitrogens with zero attached hydrogens (tertiary/aromatic N) is 1. The first kappa shape index (κ1) is 22.2. The van der Waals surface area contributed by atoms with Gasteiger partial charge < -0.3 is 15.2 Å². The summed E-state index contributed by atoms with van der Waals surface area (Å²) < 4.78 is 19.4. The molecule has 2 aromatic carbocycles. The van der Waals surface area contributed by atoms with Gasteiger partial charge in [-0.2, -0.15) is 0 Å². The number of hydrogen-bond acceptors (Lipinski definition) is 4. The van der Waals surface area contributed by atoms with E-state index in [2.05, 4.69) is 10.3 Å². The van der Waals surface area contributed by atoms with Gasteiger partial charge in [-0.1, -0.05) is 41.9 Å². The molecule has 1 heterocycles. The Morgan fingerprint density at radius 2 is 1.94 bits per heavy atom. The lowest BCUT2D eigenvalue weighted by Gasteiger charge is -2.19. The predicted octanol–water partition coefficient (Wildman–Crippen LogP) is 4.80. The predicted molar refractivity (Wildman–Crippen MR) is 115 cm³/mol. The molecule has 0 spiro atoms. The Morgan fingerprint density at radius 1 is 1.19 bits per heavy atom. The van der Waals surface area contributed by atoms with E-state index in [9.17, 15) is 19.1 Å². The minimum Gasteiger partial charge on any atom is -0.494 e. The first-order valence-corrected chi connectivity index (χ1v) is 9.76. The van der Waals surface area contributed by atoms with Crippen molar-refractivity contribution in [2.45, 2.75) is 19.4 Å². The molecule has 0 aliphatic heterocycles. The van der Waals surface area contributed by atoms with Crippen molar-refractivity contribution < 1.29 is 23.8 Å². The van der Waals surface area contributed by atoms with Crippen molar-refractivity contribution in [3.8, 4) is 17.0 Å². The van der Waals surface area contributed by atoms with Gasteiger partial charge in [-0.3, -0.25) is 9.59 Å². The molecule has 3 aromatic rings. The molecule has 31 heavy (non-hydrogen) atoms. The van der Waals surface area contributed by atoms with Crippen molar-refractivity contribution in [3.05, 3.63) is 82.3 Å². The summed E-state index contributed by atoms with van der Waals surface area (Å²) in [4.78, 5) is 28.6. The molecule has 6 nitrogen and oxygen atoms in total. The Balaban J connectivity index is 1.95. The van der Waals surface area contributed by atoms with Crippen LogP contribution in [0.2, 0.25) is 5.02 Å². The van der Waals surface area contributed by atoms with E-state index in [0.29, 0.717) is 33.2 Å². The number of rotatable bonds is 7. The van der Waals surface area contributed by atoms with E-state index < -0.39 is 23.7 Å². The van der Waals surface area contributed by atoms with Crippen LogP contribution in [0.25, 0.3) is 11.3 Å². The maximum absolute atomic E-state index is 14.1. The summed E-state index contributed by atoms with van der Waals surface area (Å²) in [6, 6.07) is 13.4. The highest BCUT2D eigenvalue weighted by Gasteiger charge is 2.22. The zero-order chi connectivity index (χ0) is 22.5. The zero-order valence-electron chi connectivity index (χ0n) is 16.9. The van der Waals surface area contributed by atoms with E-state index in [1.165, 1.54) is 19.2 Å². The highest BCUT2D eigenvalue weighted by Crippen LogP contribution is 2.30. The number of aliphatic carboxylic acids is 1. The molecular weight excluding hydrogens is 423 g/mol. The quantitative estimate of drug-likeness (QED) is 0.548. The molecular formula is C23H20ClFN2O4. The van der Waals surface area contributed by atoms with Gasteiger partial charge in [0, 0.05) is 10.6 Å². The molecule has 0 saturated carbocycles. The van der Waals surface area contributed by atoms with Crippen molar-refractivity contribution in [2.75, 3.05) is 7.11 Å². The Bertz CT molecular complexity index is 1140. The molecule has 0 radical (unpaired) electrons. The van der Waals surface area contributed by atoms with Crippen molar-refractivity contribution >= 4 is 23.5 Å². The lowest BCUT2D eigenvalue weighted by molar-refractivity contribution is -0.137. The first-order chi connectivity index (χ1) is 14.8. The number of aryl methyl sites for hydroxylation is 1. The van der Waals surface area contributed by atoms with Crippen LogP contribution in [0, 0.1) is 12.7 Å². The van der Waals surface area contributed by atoms with E-state index in [1.54, 1.807) is 49.4 Å². The van der Waals surface area contributed by atoms with Gasteiger partial charge in [0.25, 0.3) is 5.91 Å². The number of ether oxygens (including phenoxy) is 1. The summed E-state index contributed by atoms with van der Waals surface area (Å²) in [5.74, 6) is -1.73. The number of pyridine rings is 1. The lowest BCUT2D eigenvalue weighted by Crippen LogP contribution is -2.31. The lowest BCUT2D eigenvalue weighted by atomic mass is 10.0. The summed E-state index contributed by atoms with van der Waals surface area (Å²) in [5.41, 5.74) is 1.73. The summed E-state index contributed by atoms with van der Waals surface area (Å²) >= 11 is 6.19. The van der Waals surface area contributed by atoms with Crippen LogP contribution in [0.4, 0.5) is 4.39 Å². The third kappa shape index (κ3) is 5.19. The molecule has 0 aliphatic carbocycles. The fourth-order valence-corrected chi connectivity index (χ4v) is 3.36. The van der Waals surface area contributed by atoms with Gasteiger partial charge in [-0.05, 0) is 42.3 Å². The number of nitrogens with one attached hydrogen (secondary N) is 1. The molecule has 0 bridgehead atoms. The Morgan fingerprint density at radius 3 is 2.58 bits per heavy atom. The van der Waals surface area contributed by atoms with Crippen LogP contribution >= 0.6 is 11.6 Å². The molecule has 1 aromatic heterocycles. The van der Waals surface area contributed by atoms with Crippen molar-refractivity contribution in [1.29, 1.82) is 0 Å². The molecule has 1 amide bonds. The third-order valence-electron chi connectivity index (χ3n) is 4.72. The van der Waals surface area contributed by atoms with E-state index in [0.717, 1.165) is 0 Å². The van der Waals surface area contributed by atoms with Gasteiger partial charge in [0.05, 0.1) is 19.6 Å². The Kier molecular flexibility index (Phi) is 6.87. The number of amides is 1. The first-order valence-electron chi connectivity index (χ1n) is 9.38. The highest BCUT2D eigenvalue weighted by molar-refractivity contribution is 6.31. The highest BCUT2D eigenvalue weighted by atomic mass is 35.5. The molecule has 0 fully saturated rings. The molecule has 8 heteroatoms. The van der Waals surface area contributed by atoms with Crippen LogP contribution in [0.15, 0.2) is 54.6 Å². The normalized spacial score (nSPS) is 11.6. The van der Waals surface area contributed by atoms with E-state index in [4.69, 9.17) is 16.3 Å². The van der Waals surface area contributed by atoms with Crippen LogP contribution in [-0.2, 0) is 4.79 Å². The summed E-state index contributed by atoms with van der Waals surface area (Å²) in [6.45, 7) is 1.64. The van der Waals surface area contributed by atoms with Crippen molar-refractivity contribution in [2.24, 2.45) is 0 Å². The second kappa shape index (κ2) is 9.57. The maximum atomic E-state index is 14.1. The topological polar surface area (TPSA) is 88.5 Å². The largest absolute Gasteiger partial charge is 0.494 e. The number of carbonyl (C=O) groups is 2. The van der Waals surface area contributed by atoms with Gasteiger partial charge in [0.2, 0.25) is 0 Å². The average molecular weight is 443 g/mol. The second-order valence-electron chi connectivity index (χ2n) is 6.86. The fourth-order valence-electron chi connectivity index (χ4n) is 3.09. The van der Waals surface area contributed by atoms with Crippen LogP contribution in [-0.4, -0.2) is 29.1 Å². The monoisotopic (exact) mass is 442 g/mol. The Hall–Kier alpha value is -3.45. The molecule has 0 aliphatic rings. The minimum absolute atomic E-state index is 0.0271. The van der Waals surface area contributed by atoms with Crippen LogP contribution < -0.4 is 10.1 Å². The molecule has 1 unspecified atom stereocenters. The van der Waals surface area contributed by atoms with Crippen LogP contribution in [0.3, 0.4) is 0 Å². The number of halogens is 2. The van der Waals surface area contributed by atoms with Gasteiger partial charge >= 0.3 is 5.97 Å². The summed E-state index contributed by atoms with van der Waals surface area (Å²) in [7, 11) is 1.45. The number of aromatic nitrogens is 1. The van der Waals surface area contributed by atoms with Crippen LogP contribution in [0.1, 0.15) is 34.1 Å². The maximum Gasteiger partial charge on any atom is 0.305 e. The zero-order valence-corrected chi connectivity index (χ0v) is 17.6. The molecule has 2 N–H and O–H groups in total. The smallest absolute Gasteiger partial charge is 0.305 e. The van der Waals surface area contributed by atoms with Crippen molar-refractivity contribution in [1.82, 2.24) is 10.3 Å². The number of benzene rings is 2. The summed E-state index contributed by atoms with van der Waals surface area (Å²) in [5, 5.41) is 12.3. The number of methoxy groups -OCH3 is 1.